The van der Waals surface area contributed by atoms with Crippen LogP contribution in [-0.2, 0) is 10.8 Å². The Bertz CT molecular complexity index is 5680. The van der Waals surface area contributed by atoms with Crippen LogP contribution >= 0.6 is 11.3 Å². The first kappa shape index (κ1) is 55.8. The second kappa shape index (κ2) is 21.3. The highest BCUT2D eigenvalue weighted by Crippen LogP contribution is 2.52. The van der Waals surface area contributed by atoms with Gasteiger partial charge in [0.05, 0.1) is 5.69 Å². The predicted octanol–water partition coefficient (Wildman–Crippen LogP) is 23.1. The Balaban J connectivity index is 0.952. The molecule has 2 aliphatic rings. The van der Waals surface area contributed by atoms with Gasteiger partial charge in [-0.05, 0) is 188 Å². The van der Waals surface area contributed by atoms with Gasteiger partial charge < -0.3 is 28.4 Å². The van der Waals surface area contributed by atoms with E-state index in [0.29, 0.717) is 0 Å². The molecule has 0 spiro atoms. The molecule has 16 aromatic rings. The van der Waals surface area contributed by atoms with E-state index in [0.717, 1.165) is 118 Å². The van der Waals surface area contributed by atoms with Crippen molar-refractivity contribution in [1.29, 1.82) is 0 Å². The first-order chi connectivity index (χ1) is 45.8. The van der Waals surface area contributed by atoms with Gasteiger partial charge in [0.25, 0.3) is 6.71 Å². The highest BCUT2D eigenvalue weighted by atomic mass is 32.1. The van der Waals surface area contributed by atoms with Gasteiger partial charge in [-0.1, -0.05) is 193 Å². The molecule has 0 saturated carbocycles. The van der Waals surface area contributed by atoms with Crippen molar-refractivity contribution in [2.75, 3.05) is 19.6 Å². The zero-order valence-electron chi connectivity index (χ0n) is 53.2. The largest absolute Gasteiger partial charge is 0.456 e. The fourth-order valence-corrected chi connectivity index (χ4v) is 16.0. The number of hydrogen-bond acceptors (Lipinski definition) is 7. The van der Waals surface area contributed by atoms with E-state index >= 15 is 0 Å². The lowest BCUT2D eigenvalue weighted by molar-refractivity contribution is 0.590. The maximum Gasteiger partial charge on any atom is 0.252 e. The Kier molecular flexibility index (Phi) is 12.6. The summed E-state index contributed by atoms with van der Waals surface area (Å²) in [5.41, 5.74) is 24.7. The SMILES string of the molecule is CC(C)(C)c1ccc(N2c3cc(N(c4cccc(-c5ccccc5)c4)c4ccc5oc6ccccc6c5c4)ccc3B3c4cc5c(cc4N(c4ccc(C(C)(C)C)cc4)c4cc(N(c6ccccc6)c6ccc7oc8ccccc8c7c6)cc2c43)sc2ccccc25)cc1. The van der Waals surface area contributed by atoms with E-state index in [1.165, 1.54) is 53.4 Å². The Morgan fingerprint density at radius 2 is 0.766 bits per heavy atom. The van der Waals surface area contributed by atoms with Crippen molar-refractivity contribution >= 4 is 167 Å². The van der Waals surface area contributed by atoms with Gasteiger partial charge in [0.1, 0.15) is 22.3 Å². The van der Waals surface area contributed by atoms with Gasteiger partial charge in [0.15, 0.2) is 0 Å². The fourth-order valence-electron chi connectivity index (χ4n) is 14.9. The summed E-state index contributed by atoms with van der Waals surface area (Å²) in [5.74, 6) is 0. The van der Waals surface area contributed by atoms with Gasteiger partial charge in [-0.25, -0.2) is 0 Å². The molecule has 6 nitrogen and oxygen atoms in total. The van der Waals surface area contributed by atoms with Crippen LogP contribution in [0.3, 0.4) is 0 Å². The summed E-state index contributed by atoms with van der Waals surface area (Å²) in [6, 6.07) is 106. The summed E-state index contributed by atoms with van der Waals surface area (Å²) in [7, 11) is 0. The first-order valence-electron chi connectivity index (χ1n) is 32.6. The summed E-state index contributed by atoms with van der Waals surface area (Å²) >= 11 is 1.88. The molecule has 0 saturated heterocycles. The van der Waals surface area contributed by atoms with Gasteiger partial charge in [-0.15, -0.1) is 11.3 Å². The van der Waals surface area contributed by atoms with E-state index in [1.54, 1.807) is 0 Å². The molecule has 0 N–H and O–H groups in total. The topological polar surface area (TPSA) is 39.2 Å². The molecule has 18 rings (SSSR count). The first-order valence-corrected chi connectivity index (χ1v) is 33.4. The summed E-state index contributed by atoms with van der Waals surface area (Å²) < 4.78 is 15.6. The summed E-state index contributed by atoms with van der Waals surface area (Å²) in [4.78, 5) is 10.0. The number of furan rings is 2. The van der Waals surface area contributed by atoms with Crippen LogP contribution in [0.1, 0.15) is 52.7 Å². The van der Waals surface area contributed by atoms with Crippen LogP contribution in [-0.4, -0.2) is 6.71 Å². The third-order valence-corrected chi connectivity index (χ3v) is 20.6. The molecule has 0 bridgehead atoms. The van der Waals surface area contributed by atoms with E-state index in [9.17, 15) is 0 Å². The Hall–Kier alpha value is -11.1. The van der Waals surface area contributed by atoms with Crippen molar-refractivity contribution in [3.63, 3.8) is 0 Å². The molecule has 94 heavy (non-hydrogen) atoms. The number of benzene rings is 13. The maximum absolute atomic E-state index is 6.53. The molecule has 0 atom stereocenters. The normalized spacial score (nSPS) is 12.9. The van der Waals surface area contributed by atoms with E-state index in [4.69, 9.17) is 8.83 Å². The van der Waals surface area contributed by atoms with Crippen LogP contribution in [0.15, 0.2) is 294 Å². The van der Waals surface area contributed by atoms with Gasteiger partial charge >= 0.3 is 0 Å². The maximum atomic E-state index is 6.53. The van der Waals surface area contributed by atoms with Gasteiger partial charge in [0, 0.05) is 98.9 Å². The quantitative estimate of drug-likeness (QED) is 0.134. The smallest absolute Gasteiger partial charge is 0.252 e. The summed E-state index contributed by atoms with van der Waals surface area (Å²) in [6.45, 7) is 13.6. The van der Waals surface area contributed by atoms with E-state index < -0.39 is 0 Å². The van der Waals surface area contributed by atoms with E-state index in [2.05, 4.69) is 334 Å². The standard InChI is InChI=1S/C86H65BN4O2S/c1-85(2,3)56-32-36-59(37-33-56)90-74-49-64(89(61-25-19-22-55(46-61)54-20-9-7-10-21-54)63-42-45-81-70(48-63)67-27-14-17-30-79(67)93-81)40-43-72(74)87-73-52-71-68-28-15-18-31-82(68)94-83(71)53-75(73)91(60-38-34-57(35-39-60)86(4,5)6)77-51-65(50-76(90)84(77)87)88(58-23-11-8-12-24-58)62-41-44-80-69(47-62)66-26-13-16-29-78(66)92-80/h7-53H,1-6H3. The number of hydrogen-bond donors (Lipinski definition) is 0. The number of fused-ring (bicyclic) bond motifs is 13. The molecule has 0 aliphatic carbocycles. The van der Waals surface area contributed by atoms with Gasteiger partial charge in [-0.2, -0.15) is 0 Å². The lowest BCUT2D eigenvalue weighted by atomic mass is 9.33. The van der Waals surface area contributed by atoms with E-state index in [-0.39, 0.29) is 17.5 Å². The predicted molar refractivity (Wildman–Crippen MR) is 400 cm³/mol. The zero-order valence-corrected chi connectivity index (χ0v) is 54.0. The molecule has 0 unspecified atom stereocenters. The minimum absolute atomic E-state index is 0.0460. The summed E-state index contributed by atoms with van der Waals surface area (Å²) in [5, 5.41) is 6.84. The van der Waals surface area contributed by atoms with Gasteiger partial charge in [-0.3, -0.25) is 0 Å². The van der Waals surface area contributed by atoms with Crippen molar-refractivity contribution in [3.8, 4) is 11.1 Å². The molecule has 0 radical (unpaired) electrons. The molecule has 0 amide bonds. The zero-order chi connectivity index (χ0) is 63.1. The van der Waals surface area contributed by atoms with Crippen LogP contribution in [0, 0.1) is 0 Å². The van der Waals surface area contributed by atoms with Crippen LogP contribution in [0.4, 0.5) is 68.2 Å². The van der Waals surface area contributed by atoms with Crippen molar-refractivity contribution in [1.82, 2.24) is 0 Å². The molecule has 5 heterocycles. The third kappa shape index (κ3) is 9.06. The number of thiophene rings is 1. The Labute approximate surface area is 551 Å². The van der Waals surface area contributed by atoms with Crippen molar-refractivity contribution in [2.45, 2.75) is 52.4 Å². The van der Waals surface area contributed by atoms with Crippen molar-refractivity contribution < 1.29 is 8.83 Å². The molecular formula is C86H65BN4O2S. The second-order valence-corrected chi connectivity index (χ2v) is 28.4. The fraction of sp³-hybridized carbons (Fsp3) is 0.0930. The molecule has 450 valence electrons. The minimum Gasteiger partial charge on any atom is -0.456 e. The molecule has 3 aromatic heterocycles. The van der Waals surface area contributed by atoms with Crippen LogP contribution in [0.5, 0.6) is 0 Å². The number of para-hydroxylation sites is 3. The Morgan fingerprint density at radius 1 is 0.309 bits per heavy atom. The molecule has 2 aliphatic heterocycles. The molecular weight excluding hydrogens is 1160 g/mol. The number of nitrogens with zero attached hydrogens (tertiary/aromatic N) is 4. The van der Waals surface area contributed by atoms with E-state index in [1.807, 2.05) is 23.5 Å². The van der Waals surface area contributed by atoms with Crippen LogP contribution in [0.2, 0.25) is 0 Å². The molecule has 13 aromatic carbocycles. The average Bonchev–Trinajstić information content (AvgIpc) is 0.704. The minimum atomic E-state index is -0.196. The summed E-state index contributed by atoms with van der Waals surface area (Å²) in [6.07, 6.45) is 0. The highest BCUT2D eigenvalue weighted by molar-refractivity contribution is 7.26. The van der Waals surface area contributed by atoms with Gasteiger partial charge in [0.2, 0.25) is 0 Å². The lowest BCUT2D eigenvalue weighted by Crippen LogP contribution is -2.61. The molecule has 8 heteroatoms. The average molecular weight is 1230 g/mol. The van der Waals surface area contributed by atoms with Crippen molar-refractivity contribution in [3.05, 3.63) is 296 Å². The van der Waals surface area contributed by atoms with Crippen LogP contribution < -0.4 is 36.0 Å². The van der Waals surface area contributed by atoms with Crippen LogP contribution in [0.25, 0.3) is 75.2 Å². The Morgan fingerprint density at radius 3 is 1.36 bits per heavy atom. The number of rotatable bonds is 9. The monoisotopic (exact) mass is 1230 g/mol. The highest BCUT2D eigenvalue weighted by Gasteiger charge is 2.45. The van der Waals surface area contributed by atoms with Crippen molar-refractivity contribution in [2.24, 2.45) is 0 Å². The molecule has 0 fully saturated rings. The third-order valence-electron chi connectivity index (χ3n) is 19.5. The lowest BCUT2D eigenvalue weighted by Gasteiger charge is -2.45. The number of anilines is 12. The second-order valence-electron chi connectivity index (χ2n) is 27.3.